The van der Waals surface area contributed by atoms with Crippen LogP contribution in [0, 0.1) is 13.8 Å². The van der Waals surface area contributed by atoms with Gasteiger partial charge in [0.25, 0.3) is 0 Å². The molecule has 2 rings (SSSR count). The fourth-order valence-electron chi connectivity index (χ4n) is 2.88. The molecule has 0 aromatic carbocycles. The predicted octanol–water partition coefficient (Wildman–Crippen LogP) is 0.779. The molecule has 0 radical (unpaired) electrons. The lowest BCUT2D eigenvalue weighted by Crippen LogP contribution is -3.00. The molecule has 0 aliphatic rings. The van der Waals surface area contributed by atoms with Crippen molar-refractivity contribution in [1.29, 1.82) is 0 Å². The van der Waals surface area contributed by atoms with E-state index in [1.54, 1.807) is 0 Å². The summed E-state index contributed by atoms with van der Waals surface area (Å²) in [6.45, 7) is 10.9. The molecule has 7 heteroatoms. The quantitative estimate of drug-likeness (QED) is 0.437. The second-order valence-corrected chi connectivity index (χ2v) is 7.91. The van der Waals surface area contributed by atoms with E-state index in [9.17, 15) is 0 Å². The number of hydrogen-bond donors (Lipinski definition) is 1. The lowest BCUT2D eigenvalue weighted by Gasteiger charge is -2.04. The number of aromatic nitrogens is 3. The zero-order valence-electron chi connectivity index (χ0n) is 17.1. The van der Waals surface area contributed by atoms with Crippen LogP contribution in [0.2, 0.25) is 0 Å². The molecule has 27 heavy (non-hydrogen) atoms. The first-order chi connectivity index (χ1) is 12.6. The van der Waals surface area contributed by atoms with E-state index in [-0.39, 0.29) is 12.4 Å². The highest BCUT2D eigenvalue weighted by Gasteiger charge is 2.24. The van der Waals surface area contributed by atoms with Crippen LogP contribution in [0.4, 0.5) is 5.82 Å². The second-order valence-electron chi connectivity index (χ2n) is 6.74. The third kappa shape index (κ3) is 7.01. The van der Waals surface area contributed by atoms with E-state index < -0.39 is 0 Å². The molecular weight excluding hydrogens is 380 g/mol. The number of anilines is 1. The van der Waals surface area contributed by atoms with Gasteiger partial charge in [-0.2, -0.15) is 4.57 Å². The maximum absolute atomic E-state index is 6.12. The van der Waals surface area contributed by atoms with E-state index in [1.807, 2.05) is 24.5 Å². The van der Waals surface area contributed by atoms with Gasteiger partial charge in [0.2, 0.25) is 5.01 Å². The maximum atomic E-state index is 6.12. The molecule has 0 spiro atoms. The average molecular weight is 413 g/mol. The summed E-state index contributed by atoms with van der Waals surface area (Å²) in [5.74, 6) is 1.30. The third-order valence-corrected chi connectivity index (χ3v) is 5.96. The van der Waals surface area contributed by atoms with Crippen LogP contribution in [0.1, 0.15) is 66.5 Å². The second kappa shape index (κ2) is 12.3. The topological polar surface area (TPSA) is 64.9 Å². The Hall–Kier alpha value is -1.24. The van der Waals surface area contributed by atoms with Gasteiger partial charge in [0.15, 0.2) is 12.2 Å². The highest BCUT2D eigenvalue weighted by molar-refractivity contribution is 7.11. The molecule has 0 saturated heterocycles. The standard InChI is InChI=1S/C20H33N4OS.ClH/c1-5-7-9-19-24(14-17-13-22-16(4)23-20(17)21)15(3)18(26-19)10-12-25-11-8-6-2;/h13H,5-12,14H2,1-4H3,(H2,21,22,23);1H/q+1;/p-1. The summed E-state index contributed by atoms with van der Waals surface area (Å²) in [5.41, 5.74) is 8.43. The van der Waals surface area contributed by atoms with Crippen molar-refractivity contribution in [3.05, 3.63) is 33.2 Å². The van der Waals surface area contributed by atoms with Gasteiger partial charge < -0.3 is 22.9 Å². The van der Waals surface area contributed by atoms with Crippen LogP contribution in [0.15, 0.2) is 6.20 Å². The smallest absolute Gasteiger partial charge is 0.237 e. The number of ether oxygens (including phenoxy) is 1. The molecule has 0 fully saturated rings. The van der Waals surface area contributed by atoms with Gasteiger partial charge in [-0.3, -0.25) is 0 Å². The summed E-state index contributed by atoms with van der Waals surface area (Å²) >= 11 is 1.92. The molecule has 0 bridgehead atoms. The minimum absolute atomic E-state index is 0. The van der Waals surface area contributed by atoms with Crippen LogP contribution < -0.4 is 22.7 Å². The molecule has 2 aromatic rings. The number of thiazole rings is 1. The zero-order valence-corrected chi connectivity index (χ0v) is 18.6. The molecule has 2 N–H and O–H groups in total. The molecule has 2 heterocycles. The van der Waals surface area contributed by atoms with E-state index in [2.05, 4.69) is 35.3 Å². The Kier molecular flexibility index (Phi) is 10.8. The van der Waals surface area contributed by atoms with Crippen molar-refractivity contribution in [2.45, 2.75) is 72.8 Å². The van der Waals surface area contributed by atoms with Crippen LogP contribution in [-0.2, 0) is 24.1 Å². The van der Waals surface area contributed by atoms with E-state index in [1.165, 1.54) is 34.8 Å². The Morgan fingerprint density at radius 1 is 1.11 bits per heavy atom. The number of nitrogens with zero attached hydrogens (tertiary/aromatic N) is 3. The molecule has 0 aliphatic heterocycles. The van der Waals surface area contributed by atoms with Gasteiger partial charge in [0.1, 0.15) is 11.6 Å². The average Bonchev–Trinajstić information content (AvgIpc) is 2.91. The van der Waals surface area contributed by atoms with E-state index in [0.29, 0.717) is 5.82 Å². The van der Waals surface area contributed by atoms with Crippen LogP contribution in [0.5, 0.6) is 0 Å². The molecule has 0 aliphatic carbocycles. The summed E-state index contributed by atoms with van der Waals surface area (Å²) in [7, 11) is 0. The number of halogens is 1. The predicted molar refractivity (Wildman–Crippen MR) is 108 cm³/mol. The van der Waals surface area contributed by atoms with Crippen molar-refractivity contribution < 1.29 is 21.7 Å². The molecule has 5 nitrogen and oxygen atoms in total. The highest BCUT2D eigenvalue weighted by Crippen LogP contribution is 2.20. The van der Waals surface area contributed by atoms with Crippen molar-refractivity contribution >= 4 is 17.2 Å². The van der Waals surface area contributed by atoms with Gasteiger partial charge in [0.05, 0.1) is 17.0 Å². The van der Waals surface area contributed by atoms with Crippen molar-refractivity contribution in [2.24, 2.45) is 0 Å². The van der Waals surface area contributed by atoms with Gasteiger partial charge >= 0.3 is 0 Å². The molecule has 152 valence electrons. The summed E-state index contributed by atoms with van der Waals surface area (Å²) in [6, 6.07) is 0. The lowest BCUT2D eigenvalue weighted by molar-refractivity contribution is -0.696. The van der Waals surface area contributed by atoms with Crippen molar-refractivity contribution in [3.63, 3.8) is 0 Å². The Bertz CT molecular complexity index is 706. The van der Waals surface area contributed by atoms with Crippen LogP contribution in [0.25, 0.3) is 0 Å². The van der Waals surface area contributed by atoms with Crippen molar-refractivity contribution in [3.8, 4) is 0 Å². The maximum Gasteiger partial charge on any atom is 0.237 e. The molecule has 2 aromatic heterocycles. The van der Waals surface area contributed by atoms with E-state index in [4.69, 9.17) is 10.5 Å². The Labute approximate surface area is 173 Å². The summed E-state index contributed by atoms with van der Waals surface area (Å²) < 4.78 is 8.17. The normalized spacial score (nSPS) is 10.8. The number of aryl methyl sites for hydroxylation is 2. The monoisotopic (exact) mass is 412 g/mol. The first-order valence-electron chi connectivity index (χ1n) is 9.73. The minimum atomic E-state index is 0. The number of hydrogen-bond acceptors (Lipinski definition) is 5. The van der Waals surface area contributed by atoms with Gasteiger partial charge in [-0.1, -0.05) is 38.0 Å². The molecule has 0 atom stereocenters. The Balaban J connectivity index is 0.00000364. The lowest BCUT2D eigenvalue weighted by atomic mass is 10.2. The fourth-order valence-corrected chi connectivity index (χ4v) is 4.17. The largest absolute Gasteiger partial charge is 1.00 e. The fraction of sp³-hybridized carbons (Fsp3) is 0.650. The van der Waals surface area contributed by atoms with Crippen molar-refractivity contribution in [1.82, 2.24) is 9.97 Å². The number of nitrogen functional groups attached to an aromatic ring is 1. The third-order valence-electron chi connectivity index (χ3n) is 4.56. The van der Waals surface area contributed by atoms with Gasteiger partial charge in [0, 0.05) is 32.6 Å². The minimum Gasteiger partial charge on any atom is -1.00 e. The number of rotatable bonds is 11. The van der Waals surface area contributed by atoms with Crippen LogP contribution in [0.3, 0.4) is 0 Å². The molecule has 0 saturated carbocycles. The SMILES string of the molecule is CCCCOCCc1sc(CCCC)[n+](Cc2cnc(C)nc2N)c1C.[Cl-]. The molecule has 0 amide bonds. The van der Waals surface area contributed by atoms with Crippen molar-refractivity contribution in [2.75, 3.05) is 18.9 Å². The van der Waals surface area contributed by atoms with E-state index in [0.717, 1.165) is 50.4 Å². The van der Waals surface area contributed by atoms with Crippen LogP contribution >= 0.6 is 11.3 Å². The van der Waals surface area contributed by atoms with Gasteiger partial charge in [-0.05, 0) is 19.8 Å². The van der Waals surface area contributed by atoms with E-state index >= 15 is 0 Å². The first-order valence-corrected chi connectivity index (χ1v) is 10.5. The van der Waals surface area contributed by atoms with Crippen LogP contribution in [-0.4, -0.2) is 23.2 Å². The number of unbranched alkanes of at least 4 members (excludes halogenated alkanes) is 2. The van der Waals surface area contributed by atoms with Gasteiger partial charge in [-0.25, -0.2) is 9.97 Å². The van der Waals surface area contributed by atoms with Gasteiger partial charge in [-0.15, -0.1) is 0 Å². The Morgan fingerprint density at radius 3 is 2.52 bits per heavy atom. The molecular formula is C20H33ClN4OS. The summed E-state index contributed by atoms with van der Waals surface area (Å²) in [4.78, 5) is 10.1. The Morgan fingerprint density at radius 2 is 1.85 bits per heavy atom. The molecule has 0 unspecified atom stereocenters. The highest BCUT2D eigenvalue weighted by atomic mass is 35.5. The number of nitrogens with two attached hydrogens (primary N) is 1. The summed E-state index contributed by atoms with van der Waals surface area (Å²) in [5, 5.41) is 1.41. The zero-order chi connectivity index (χ0) is 18.9. The summed E-state index contributed by atoms with van der Waals surface area (Å²) in [6.07, 6.45) is 8.65. The first kappa shape index (κ1) is 23.8.